The molecule has 1 aliphatic carbocycles. The Morgan fingerprint density at radius 3 is 2.85 bits per heavy atom. The van der Waals surface area contributed by atoms with Crippen LogP contribution in [0.4, 0.5) is 0 Å². The lowest BCUT2D eigenvalue weighted by molar-refractivity contribution is 0.0963. The number of carbonyl (C=O) groups is 1. The summed E-state index contributed by atoms with van der Waals surface area (Å²) in [6.45, 7) is 2.81. The van der Waals surface area contributed by atoms with E-state index in [1.807, 2.05) is 31.3 Å². The summed E-state index contributed by atoms with van der Waals surface area (Å²) in [7, 11) is 3.52. The molecule has 0 aromatic heterocycles. The van der Waals surface area contributed by atoms with E-state index in [0.717, 1.165) is 24.6 Å². The number of benzene rings is 1. The Morgan fingerprint density at radius 2 is 2.12 bits per heavy atom. The van der Waals surface area contributed by atoms with E-state index in [4.69, 9.17) is 0 Å². The molecule has 5 nitrogen and oxygen atoms in total. The summed E-state index contributed by atoms with van der Waals surface area (Å²) in [6, 6.07) is 7.75. The predicted molar refractivity (Wildman–Crippen MR) is 110 cm³/mol. The van der Waals surface area contributed by atoms with Gasteiger partial charge in [0.05, 0.1) is 0 Å². The summed E-state index contributed by atoms with van der Waals surface area (Å²) < 4.78 is 0.424. The number of aliphatic imine (C=N–C) groups is 1. The van der Waals surface area contributed by atoms with E-state index in [-0.39, 0.29) is 5.91 Å². The molecule has 0 radical (unpaired) electrons. The van der Waals surface area contributed by atoms with E-state index >= 15 is 0 Å². The summed E-state index contributed by atoms with van der Waals surface area (Å²) in [5.41, 5.74) is 1.78. The molecule has 142 valence electrons. The Kier molecular flexibility index (Phi) is 6.46. The van der Waals surface area contributed by atoms with Crippen LogP contribution >= 0.6 is 11.8 Å². The number of nitrogens with zero attached hydrogens (tertiary/aromatic N) is 2. The minimum absolute atomic E-state index is 0.0523. The van der Waals surface area contributed by atoms with Crippen molar-refractivity contribution >= 4 is 23.6 Å². The highest BCUT2D eigenvalue weighted by Crippen LogP contribution is 2.42. The standard InChI is InChI=1S/C20H30N4OS/c1-21-18(25)17-8-6-7-16(13-17)14-23-19(22-2)24-11-12-26-20(15-24)9-4-3-5-10-20/h6-8,13H,3-5,9-12,14-15H2,1-2H3,(H,21,25)(H,22,23). The maximum Gasteiger partial charge on any atom is 0.251 e. The predicted octanol–water partition coefficient (Wildman–Crippen LogP) is 2.87. The number of rotatable bonds is 3. The topological polar surface area (TPSA) is 56.7 Å². The van der Waals surface area contributed by atoms with Crippen LogP contribution in [0.3, 0.4) is 0 Å². The molecule has 1 saturated carbocycles. The highest BCUT2D eigenvalue weighted by molar-refractivity contribution is 8.00. The van der Waals surface area contributed by atoms with Gasteiger partial charge in [0.2, 0.25) is 0 Å². The van der Waals surface area contributed by atoms with Crippen molar-refractivity contribution < 1.29 is 4.79 Å². The lowest BCUT2D eigenvalue weighted by Crippen LogP contribution is -2.53. The molecule has 1 heterocycles. The third kappa shape index (κ3) is 4.53. The molecule has 1 aromatic carbocycles. The zero-order valence-electron chi connectivity index (χ0n) is 15.9. The van der Waals surface area contributed by atoms with Gasteiger partial charge in [-0.15, -0.1) is 0 Å². The molecule has 0 atom stereocenters. The average Bonchev–Trinajstić information content (AvgIpc) is 2.69. The molecule has 2 aliphatic rings. The van der Waals surface area contributed by atoms with Crippen LogP contribution in [0.5, 0.6) is 0 Å². The monoisotopic (exact) mass is 374 g/mol. The SMILES string of the molecule is CN=C(NCc1cccc(C(=O)NC)c1)N1CCSC2(CCCCC2)C1. The van der Waals surface area contributed by atoms with Crippen molar-refractivity contribution in [3.63, 3.8) is 0 Å². The summed E-state index contributed by atoms with van der Waals surface area (Å²) in [5, 5.41) is 6.17. The van der Waals surface area contributed by atoms with Gasteiger partial charge in [0, 0.05) is 49.8 Å². The number of guanidine groups is 1. The number of hydrogen-bond donors (Lipinski definition) is 2. The van der Waals surface area contributed by atoms with Crippen molar-refractivity contribution in [2.24, 2.45) is 4.99 Å². The molecule has 0 bridgehead atoms. The third-order valence-corrected chi connectivity index (χ3v) is 6.93. The first-order valence-electron chi connectivity index (χ1n) is 9.56. The van der Waals surface area contributed by atoms with Gasteiger partial charge in [-0.2, -0.15) is 11.8 Å². The Labute approximate surface area is 161 Å². The van der Waals surface area contributed by atoms with E-state index in [0.29, 0.717) is 16.9 Å². The van der Waals surface area contributed by atoms with Crippen molar-refractivity contribution in [1.82, 2.24) is 15.5 Å². The first-order chi connectivity index (χ1) is 12.7. The molecule has 2 N–H and O–H groups in total. The van der Waals surface area contributed by atoms with Crippen LogP contribution in [0.2, 0.25) is 0 Å². The number of nitrogens with one attached hydrogen (secondary N) is 2. The minimum Gasteiger partial charge on any atom is -0.355 e. The van der Waals surface area contributed by atoms with Gasteiger partial charge in [-0.1, -0.05) is 31.4 Å². The van der Waals surface area contributed by atoms with Gasteiger partial charge in [-0.3, -0.25) is 9.79 Å². The van der Waals surface area contributed by atoms with Crippen molar-refractivity contribution in [2.75, 3.05) is 32.9 Å². The molecular formula is C20H30N4OS. The van der Waals surface area contributed by atoms with Crippen LogP contribution in [0, 0.1) is 0 Å². The van der Waals surface area contributed by atoms with E-state index < -0.39 is 0 Å². The van der Waals surface area contributed by atoms with Crippen LogP contribution < -0.4 is 10.6 Å². The molecule has 1 amide bonds. The fraction of sp³-hybridized carbons (Fsp3) is 0.600. The Balaban J connectivity index is 1.62. The van der Waals surface area contributed by atoms with Gasteiger partial charge in [0.1, 0.15) is 0 Å². The number of amides is 1. The molecule has 1 aliphatic heterocycles. The second-order valence-corrected chi connectivity index (χ2v) is 8.76. The highest BCUT2D eigenvalue weighted by Gasteiger charge is 2.38. The molecular weight excluding hydrogens is 344 g/mol. The zero-order valence-corrected chi connectivity index (χ0v) is 16.7. The molecule has 6 heteroatoms. The number of thioether (sulfide) groups is 1. The fourth-order valence-corrected chi connectivity index (χ4v) is 5.57. The van der Waals surface area contributed by atoms with Crippen molar-refractivity contribution in [1.29, 1.82) is 0 Å². The lowest BCUT2D eigenvalue weighted by atomic mass is 9.87. The van der Waals surface area contributed by atoms with Gasteiger partial charge >= 0.3 is 0 Å². The normalized spacial score (nSPS) is 20.1. The van der Waals surface area contributed by atoms with Crippen LogP contribution in [-0.2, 0) is 6.54 Å². The lowest BCUT2D eigenvalue weighted by Gasteiger charge is -2.45. The quantitative estimate of drug-likeness (QED) is 0.631. The summed E-state index contributed by atoms with van der Waals surface area (Å²) in [6.07, 6.45) is 6.77. The highest BCUT2D eigenvalue weighted by atomic mass is 32.2. The zero-order chi connectivity index (χ0) is 18.4. The molecule has 3 rings (SSSR count). The molecule has 1 saturated heterocycles. The van der Waals surface area contributed by atoms with Gasteiger partial charge in [0.15, 0.2) is 5.96 Å². The Hall–Kier alpha value is -1.69. The summed E-state index contributed by atoms with van der Waals surface area (Å²) in [4.78, 5) is 18.8. The number of carbonyl (C=O) groups excluding carboxylic acids is 1. The third-order valence-electron chi connectivity index (χ3n) is 5.39. The van der Waals surface area contributed by atoms with Gasteiger partial charge in [-0.05, 0) is 30.5 Å². The molecule has 1 spiro atoms. The fourth-order valence-electron chi connectivity index (χ4n) is 4.00. The van der Waals surface area contributed by atoms with Crippen molar-refractivity contribution in [2.45, 2.75) is 43.4 Å². The summed E-state index contributed by atoms with van der Waals surface area (Å²) in [5.74, 6) is 2.09. The Morgan fingerprint density at radius 1 is 1.31 bits per heavy atom. The van der Waals surface area contributed by atoms with E-state index in [9.17, 15) is 4.79 Å². The van der Waals surface area contributed by atoms with Crippen LogP contribution in [0.1, 0.15) is 48.0 Å². The van der Waals surface area contributed by atoms with Crippen molar-refractivity contribution in [3.05, 3.63) is 35.4 Å². The van der Waals surface area contributed by atoms with E-state index in [1.165, 1.54) is 37.9 Å². The maximum atomic E-state index is 11.8. The second kappa shape index (κ2) is 8.80. The molecule has 0 unspecified atom stereocenters. The Bertz CT molecular complexity index is 649. The first-order valence-corrected chi connectivity index (χ1v) is 10.5. The van der Waals surface area contributed by atoms with E-state index in [1.54, 1.807) is 7.05 Å². The summed E-state index contributed by atoms with van der Waals surface area (Å²) >= 11 is 2.17. The smallest absolute Gasteiger partial charge is 0.251 e. The number of hydrogen-bond acceptors (Lipinski definition) is 3. The molecule has 1 aromatic rings. The van der Waals surface area contributed by atoms with Gasteiger partial charge in [-0.25, -0.2) is 0 Å². The average molecular weight is 375 g/mol. The minimum atomic E-state index is -0.0523. The van der Waals surface area contributed by atoms with Crippen LogP contribution in [0.15, 0.2) is 29.3 Å². The molecule has 26 heavy (non-hydrogen) atoms. The van der Waals surface area contributed by atoms with Gasteiger partial charge < -0.3 is 15.5 Å². The first kappa shape index (κ1) is 19.1. The van der Waals surface area contributed by atoms with Crippen LogP contribution in [0.25, 0.3) is 0 Å². The van der Waals surface area contributed by atoms with E-state index in [2.05, 4.69) is 32.3 Å². The van der Waals surface area contributed by atoms with Crippen molar-refractivity contribution in [3.8, 4) is 0 Å². The largest absolute Gasteiger partial charge is 0.355 e. The van der Waals surface area contributed by atoms with Gasteiger partial charge in [0.25, 0.3) is 5.91 Å². The van der Waals surface area contributed by atoms with Crippen LogP contribution in [-0.4, -0.2) is 54.5 Å². The molecule has 2 fully saturated rings. The second-order valence-electron chi connectivity index (χ2n) is 7.19. The maximum absolute atomic E-state index is 11.8.